The summed E-state index contributed by atoms with van der Waals surface area (Å²) in [6, 6.07) is 7.84. The van der Waals surface area contributed by atoms with Crippen molar-refractivity contribution in [1.29, 1.82) is 0 Å². The van der Waals surface area contributed by atoms with E-state index in [0.29, 0.717) is 5.92 Å². The zero-order valence-corrected chi connectivity index (χ0v) is 13.5. The van der Waals surface area contributed by atoms with E-state index in [4.69, 9.17) is 0 Å². The van der Waals surface area contributed by atoms with Crippen molar-refractivity contribution < 1.29 is 4.79 Å². The molecule has 1 N–H and O–H groups in total. The zero-order chi connectivity index (χ0) is 13.7. The van der Waals surface area contributed by atoms with Gasteiger partial charge in [-0.2, -0.15) is 0 Å². The monoisotopic (exact) mass is 372 g/mol. The molecule has 19 heavy (non-hydrogen) atoms. The molecule has 1 aliphatic heterocycles. The molecule has 1 aromatic rings. The van der Waals surface area contributed by atoms with Crippen molar-refractivity contribution in [3.05, 3.63) is 33.4 Å². The maximum absolute atomic E-state index is 12.5. The van der Waals surface area contributed by atoms with Crippen molar-refractivity contribution in [2.75, 3.05) is 26.2 Å². The van der Waals surface area contributed by atoms with Crippen molar-refractivity contribution in [3.8, 4) is 0 Å². The molecule has 2 rings (SSSR count). The third-order valence-electron chi connectivity index (χ3n) is 3.68. The maximum atomic E-state index is 12.5. The molecule has 1 amide bonds. The zero-order valence-electron chi connectivity index (χ0n) is 11.4. The molecule has 1 heterocycles. The fourth-order valence-electron chi connectivity index (χ4n) is 2.54. The molecular weight excluding hydrogens is 351 g/mol. The molecule has 104 valence electrons. The number of halogens is 1. The molecule has 0 unspecified atom stereocenters. The van der Waals surface area contributed by atoms with Crippen molar-refractivity contribution in [2.24, 2.45) is 5.92 Å². The van der Waals surface area contributed by atoms with Gasteiger partial charge in [0.2, 0.25) is 0 Å². The van der Waals surface area contributed by atoms with Crippen LogP contribution >= 0.6 is 22.6 Å². The molecule has 1 saturated heterocycles. The molecule has 0 saturated carbocycles. The van der Waals surface area contributed by atoms with Crippen molar-refractivity contribution in [1.82, 2.24) is 10.2 Å². The summed E-state index contributed by atoms with van der Waals surface area (Å²) in [6.45, 7) is 5.91. The van der Waals surface area contributed by atoms with Crippen LogP contribution in [0.15, 0.2) is 24.3 Å². The van der Waals surface area contributed by atoms with Gasteiger partial charge in [0.05, 0.1) is 0 Å². The van der Waals surface area contributed by atoms with Gasteiger partial charge in [-0.3, -0.25) is 4.79 Å². The van der Waals surface area contributed by atoms with Crippen LogP contribution in [0.4, 0.5) is 0 Å². The number of carbonyl (C=O) groups excluding carboxylic acids is 1. The van der Waals surface area contributed by atoms with Crippen LogP contribution in [0.5, 0.6) is 0 Å². The van der Waals surface area contributed by atoms with E-state index < -0.39 is 0 Å². The van der Waals surface area contributed by atoms with Crippen LogP contribution in [0.3, 0.4) is 0 Å². The van der Waals surface area contributed by atoms with Crippen LogP contribution in [0, 0.1) is 9.49 Å². The third-order valence-corrected chi connectivity index (χ3v) is 4.35. The first-order valence-corrected chi connectivity index (χ1v) is 8.04. The average molecular weight is 372 g/mol. The highest BCUT2D eigenvalue weighted by Crippen LogP contribution is 2.16. The SMILES string of the molecule is CCN(CC1CCNCC1)C(=O)c1cccc(I)c1. The second-order valence-corrected chi connectivity index (χ2v) is 6.29. The Balaban J connectivity index is 2.02. The van der Waals surface area contributed by atoms with Crippen molar-refractivity contribution >= 4 is 28.5 Å². The molecule has 0 spiro atoms. The Morgan fingerprint density at radius 3 is 2.79 bits per heavy atom. The number of hydrogen-bond acceptors (Lipinski definition) is 2. The van der Waals surface area contributed by atoms with E-state index in [1.807, 2.05) is 29.2 Å². The van der Waals surface area contributed by atoms with Crippen LogP contribution < -0.4 is 5.32 Å². The molecule has 0 atom stereocenters. The minimum atomic E-state index is 0.166. The number of benzene rings is 1. The van der Waals surface area contributed by atoms with Gasteiger partial charge in [-0.1, -0.05) is 6.07 Å². The molecular formula is C15H21IN2O. The van der Waals surface area contributed by atoms with Gasteiger partial charge in [-0.05, 0) is 79.6 Å². The summed E-state index contributed by atoms with van der Waals surface area (Å²) in [5.41, 5.74) is 0.808. The number of piperidine rings is 1. The van der Waals surface area contributed by atoms with Gasteiger partial charge in [0.25, 0.3) is 5.91 Å². The predicted molar refractivity (Wildman–Crippen MR) is 86.3 cm³/mol. The maximum Gasteiger partial charge on any atom is 0.253 e. The first-order chi connectivity index (χ1) is 9.20. The Bertz CT molecular complexity index is 430. The number of amides is 1. The molecule has 1 fully saturated rings. The number of nitrogens with zero attached hydrogens (tertiary/aromatic N) is 1. The first-order valence-electron chi connectivity index (χ1n) is 6.96. The van der Waals surface area contributed by atoms with Crippen LogP contribution in [0.25, 0.3) is 0 Å². The summed E-state index contributed by atoms with van der Waals surface area (Å²) >= 11 is 2.25. The minimum absolute atomic E-state index is 0.166. The fraction of sp³-hybridized carbons (Fsp3) is 0.533. The normalized spacial score (nSPS) is 16.3. The number of hydrogen-bond donors (Lipinski definition) is 1. The lowest BCUT2D eigenvalue weighted by Crippen LogP contribution is -2.39. The summed E-state index contributed by atoms with van der Waals surface area (Å²) < 4.78 is 1.11. The van der Waals surface area contributed by atoms with Crippen molar-refractivity contribution in [2.45, 2.75) is 19.8 Å². The molecule has 0 aromatic heterocycles. The van der Waals surface area contributed by atoms with Gasteiger partial charge < -0.3 is 10.2 Å². The van der Waals surface area contributed by atoms with Crippen molar-refractivity contribution in [3.63, 3.8) is 0 Å². The lowest BCUT2D eigenvalue weighted by atomic mass is 9.97. The van der Waals surface area contributed by atoms with Crippen LogP contribution in [-0.2, 0) is 0 Å². The van der Waals surface area contributed by atoms with E-state index in [9.17, 15) is 4.79 Å². The molecule has 1 aromatic carbocycles. The highest BCUT2D eigenvalue weighted by molar-refractivity contribution is 14.1. The predicted octanol–water partition coefficient (Wildman–Crippen LogP) is 2.75. The summed E-state index contributed by atoms with van der Waals surface area (Å²) in [5, 5.41) is 3.37. The van der Waals surface area contributed by atoms with E-state index in [1.54, 1.807) is 0 Å². The third kappa shape index (κ3) is 4.18. The topological polar surface area (TPSA) is 32.3 Å². The van der Waals surface area contributed by atoms with E-state index in [0.717, 1.165) is 35.3 Å². The largest absolute Gasteiger partial charge is 0.339 e. The Hall–Kier alpha value is -0.620. The van der Waals surface area contributed by atoms with Gasteiger partial charge in [0.15, 0.2) is 0 Å². The van der Waals surface area contributed by atoms with E-state index in [-0.39, 0.29) is 5.91 Å². The Kier molecular flexibility index (Phi) is 5.63. The molecule has 1 aliphatic rings. The molecule has 0 radical (unpaired) electrons. The van der Waals surface area contributed by atoms with Crippen LogP contribution in [0.1, 0.15) is 30.1 Å². The van der Waals surface area contributed by atoms with Gasteiger partial charge in [0.1, 0.15) is 0 Å². The van der Waals surface area contributed by atoms with Gasteiger partial charge in [0, 0.05) is 22.2 Å². The Morgan fingerprint density at radius 1 is 1.42 bits per heavy atom. The number of carbonyl (C=O) groups is 1. The summed E-state index contributed by atoms with van der Waals surface area (Å²) in [4.78, 5) is 14.5. The average Bonchev–Trinajstić information content (AvgIpc) is 2.45. The Labute approximate surface area is 128 Å². The highest BCUT2D eigenvalue weighted by Gasteiger charge is 2.20. The second-order valence-electron chi connectivity index (χ2n) is 5.05. The lowest BCUT2D eigenvalue weighted by Gasteiger charge is -2.29. The number of nitrogens with one attached hydrogen (secondary N) is 1. The lowest BCUT2D eigenvalue weighted by molar-refractivity contribution is 0.0726. The molecule has 0 aliphatic carbocycles. The van der Waals surface area contributed by atoms with E-state index >= 15 is 0 Å². The standard InChI is InChI=1S/C15H21IN2O/c1-2-18(11-12-6-8-17-9-7-12)15(19)13-4-3-5-14(16)10-13/h3-5,10,12,17H,2,6-9,11H2,1H3. The first kappa shape index (κ1) is 14.8. The van der Waals surface area contributed by atoms with E-state index in [2.05, 4.69) is 34.8 Å². The highest BCUT2D eigenvalue weighted by atomic mass is 127. The molecule has 4 heteroatoms. The molecule has 0 bridgehead atoms. The number of rotatable bonds is 4. The van der Waals surface area contributed by atoms with Gasteiger partial charge in [-0.25, -0.2) is 0 Å². The van der Waals surface area contributed by atoms with Gasteiger partial charge in [-0.15, -0.1) is 0 Å². The minimum Gasteiger partial charge on any atom is -0.339 e. The fourth-order valence-corrected chi connectivity index (χ4v) is 3.08. The summed E-state index contributed by atoms with van der Waals surface area (Å²) in [7, 11) is 0. The van der Waals surface area contributed by atoms with E-state index in [1.165, 1.54) is 12.8 Å². The van der Waals surface area contributed by atoms with Gasteiger partial charge >= 0.3 is 0 Å². The Morgan fingerprint density at radius 2 is 2.16 bits per heavy atom. The quantitative estimate of drug-likeness (QED) is 0.825. The summed E-state index contributed by atoms with van der Waals surface area (Å²) in [6.07, 6.45) is 2.35. The van der Waals surface area contributed by atoms with Crippen LogP contribution in [-0.4, -0.2) is 37.0 Å². The smallest absolute Gasteiger partial charge is 0.253 e. The molecule has 3 nitrogen and oxygen atoms in total. The summed E-state index contributed by atoms with van der Waals surface area (Å²) in [5.74, 6) is 0.812. The van der Waals surface area contributed by atoms with Crippen LogP contribution in [0.2, 0.25) is 0 Å². The second kappa shape index (κ2) is 7.24.